The summed E-state index contributed by atoms with van der Waals surface area (Å²) in [7, 11) is -2.78. The zero-order valence-electron chi connectivity index (χ0n) is 19.7. The smallest absolute Gasteiger partial charge is 0.242 e. The minimum absolute atomic E-state index is 0.0354. The second kappa shape index (κ2) is 13.9. The number of benzene rings is 1. The van der Waals surface area contributed by atoms with E-state index in [0.29, 0.717) is 6.42 Å². The Bertz CT molecular complexity index is 771. The van der Waals surface area contributed by atoms with Crippen LogP contribution in [-0.4, -0.2) is 52.2 Å². The molecule has 33 heavy (non-hydrogen) atoms. The molecule has 0 bridgehead atoms. The van der Waals surface area contributed by atoms with Gasteiger partial charge in [-0.1, -0.05) is 63.4 Å². The summed E-state index contributed by atoms with van der Waals surface area (Å²) in [4.78, 5) is 35.1. The molecule has 0 heterocycles. The van der Waals surface area contributed by atoms with Crippen LogP contribution in [0.1, 0.15) is 57.9 Å². The average Bonchev–Trinajstić information content (AvgIpc) is 2.80. The van der Waals surface area contributed by atoms with Crippen LogP contribution in [0.25, 0.3) is 0 Å². The van der Waals surface area contributed by atoms with E-state index < -0.39 is 43.7 Å². The Morgan fingerprint density at radius 2 is 1.76 bits per heavy atom. The number of nitrogens with two attached hydrogens (primary N) is 1. The highest BCUT2D eigenvalue weighted by Gasteiger charge is 2.31. The molecule has 0 radical (unpaired) electrons. The van der Waals surface area contributed by atoms with Crippen LogP contribution in [0.5, 0.6) is 0 Å². The van der Waals surface area contributed by atoms with Crippen molar-refractivity contribution in [3.63, 3.8) is 0 Å². The van der Waals surface area contributed by atoms with Gasteiger partial charge >= 0.3 is 0 Å². The Hall–Kier alpha value is -1.73. The molecule has 186 valence electrons. The van der Waals surface area contributed by atoms with Crippen molar-refractivity contribution in [3.8, 4) is 0 Å². The summed E-state index contributed by atoms with van der Waals surface area (Å²) in [6.07, 6.45) is 4.67. The van der Waals surface area contributed by atoms with Crippen molar-refractivity contribution >= 4 is 19.8 Å². The Balaban J connectivity index is 1.86. The number of aliphatic hydroxyl groups is 1. The lowest BCUT2D eigenvalue weighted by atomic mass is 9.85. The van der Waals surface area contributed by atoms with Crippen molar-refractivity contribution in [3.05, 3.63) is 35.9 Å². The highest BCUT2D eigenvalue weighted by atomic mass is 31.1. The van der Waals surface area contributed by atoms with Gasteiger partial charge in [0.25, 0.3) is 0 Å². The van der Waals surface area contributed by atoms with Gasteiger partial charge in [0, 0.05) is 12.2 Å². The van der Waals surface area contributed by atoms with Gasteiger partial charge in [0.2, 0.25) is 11.8 Å². The van der Waals surface area contributed by atoms with Gasteiger partial charge in [-0.2, -0.15) is 0 Å². The highest BCUT2D eigenvalue weighted by Crippen LogP contribution is 2.40. The van der Waals surface area contributed by atoms with E-state index in [2.05, 4.69) is 10.6 Å². The van der Waals surface area contributed by atoms with Crippen molar-refractivity contribution in [1.82, 2.24) is 10.6 Å². The van der Waals surface area contributed by atoms with Crippen LogP contribution in [-0.2, 0) is 20.6 Å². The van der Waals surface area contributed by atoms with Gasteiger partial charge in [0.15, 0.2) is 8.03 Å². The topological polar surface area (TPSA) is 142 Å². The molecule has 0 spiro atoms. The normalized spacial score (nSPS) is 19.3. The molecule has 2 rings (SSSR count). The van der Waals surface area contributed by atoms with E-state index in [-0.39, 0.29) is 24.8 Å². The molecular formula is C24H40N3O5P. The average molecular weight is 482 g/mol. The number of carbonyl (C=O) groups is 2. The third-order valence-electron chi connectivity index (χ3n) is 6.46. The molecule has 1 saturated carbocycles. The van der Waals surface area contributed by atoms with E-state index >= 15 is 0 Å². The van der Waals surface area contributed by atoms with E-state index in [1.165, 1.54) is 0 Å². The molecule has 1 fully saturated rings. The number of hydrogen-bond donors (Lipinski definition) is 5. The molecular weight excluding hydrogens is 441 g/mol. The second-order valence-electron chi connectivity index (χ2n) is 9.50. The summed E-state index contributed by atoms with van der Waals surface area (Å²) in [6, 6.07) is 7.85. The quantitative estimate of drug-likeness (QED) is 0.289. The Morgan fingerprint density at radius 1 is 1.12 bits per heavy atom. The lowest BCUT2D eigenvalue weighted by Crippen LogP contribution is -2.55. The number of nitrogens with one attached hydrogen (secondary N) is 2. The van der Waals surface area contributed by atoms with E-state index in [9.17, 15) is 24.2 Å². The molecule has 2 unspecified atom stereocenters. The predicted molar refractivity (Wildman–Crippen MR) is 130 cm³/mol. The molecule has 2 amide bonds. The molecule has 0 aliphatic heterocycles. The molecule has 1 aromatic carbocycles. The van der Waals surface area contributed by atoms with Gasteiger partial charge in [-0.15, -0.1) is 0 Å². The summed E-state index contributed by atoms with van der Waals surface area (Å²) in [5.41, 5.74) is 6.54. The van der Waals surface area contributed by atoms with Crippen molar-refractivity contribution in [2.24, 2.45) is 17.6 Å². The van der Waals surface area contributed by atoms with Crippen molar-refractivity contribution in [2.75, 3.05) is 6.54 Å². The third-order valence-corrected chi connectivity index (χ3v) is 7.80. The fourth-order valence-corrected chi connectivity index (χ4v) is 5.70. The zero-order valence-corrected chi connectivity index (χ0v) is 20.7. The van der Waals surface area contributed by atoms with Crippen LogP contribution in [0.3, 0.4) is 0 Å². The van der Waals surface area contributed by atoms with Gasteiger partial charge in [-0.05, 0) is 43.1 Å². The Morgan fingerprint density at radius 3 is 2.33 bits per heavy atom. The summed E-state index contributed by atoms with van der Waals surface area (Å²) in [5.74, 6) is -0.854. The van der Waals surface area contributed by atoms with Crippen LogP contribution in [0.4, 0.5) is 0 Å². The summed E-state index contributed by atoms with van der Waals surface area (Å²) in [5, 5.41) is 15.9. The van der Waals surface area contributed by atoms with Crippen molar-refractivity contribution in [2.45, 2.75) is 82.6 Å². The van der Waals surface area contributed by atoms with E-state index in [1.54, 1.807) is 0 Å². The first kappa shape index (κ1) is 27.5. The summed E-state index contributed by atoms with van der Waals surface area (Å²) < 4.78 is 11.9. The fourth-order valence-electron chi connectivity index (χ4n) is 4.49. The number of aliphatic hydroxyl groups excluding tert-OH is 1. The van der Waals surface area contributed by atoms with E-state index in [4.69, 9.17) is 5.73 Å². The van der Waals surface area contributed by atoms with Crippen LogP contribution in [0.15, 0.2) is 30.3 Å². The first-order valence-corrected chi connectivity index (χ1v) is 13.4. The maximum Gasteiger partial charge on any atom is 0.242 e. The lowest BCUT2D eigenvalue weighted by Gasteiger charge is -2.30. The minimum atomic E-state index is -2.78. The van der Waals surface area contributed by atoms with Crippen LogP contribution in [0, 0.1) is 11.8 Å². The maximum absolute atomic E-state index is 12.7. The van der Waals surface area contributed by atoms with Crippen molar-refractivity contribution in [1.29, 1.82) is 0 Å². The van der Waals surface area contributed by atoms with E-state index in [1.807, 2.05) is 44.2 Å². The van der Waals surface area contributed by atoms with Gasteiger partial charge in [0.05, 0.1) is 12.1 Å². The first-order valence-electron chi connectivity index (χ1n) is 12.0. The minimum Gasteiger partial charge on any atom is -0.391 e. The molecule has 0 aromatic heterocycles. The second-order valence-corrected chi connectivity index (χ2v) is 10.9. The van der Waals surface area contributed by atoms with Crippen molar-refractivity contribution < 1.29 is 24.2 Å². The van der Waals surface area contributed by atoms with Crippen LogP contribution in [0.2, 0.25) is 0 Å². The lowest BCUT2D eigenvalue weighted by molar-refractivity contribution is -0.130. The molecule has 1 aromatic rings. The third kappa shape index (κ3) is 9.20. The Labute approximate surface area is 197 Å². The molecule has 6 N–H and O–H groups in total. The SMILES string of the molecule is CC(C)[C@H](NC(=O)[C@@H](N)Cc1ccccc1)C(=O)NC[C@H](O)CC(C1CCCCC1)[PH](=O)O. The van der Waals surface area contributed by atoms with E-state index in [0.717, 1.165) is 37.7 Å². The number of amides is 2. The molecule has 1 aliphatic carbocycles. The molecule has 5 atom stereocenters. The van der Waals surface area contributed by atoms with Gasteiger partial charge in [-0.25, -0.2) is 0 Å². The van der Waals surface area contributed by atoms with Crippen LogP contribution < -0.4 is 16.4 Å². The summed E-state index contributed by atoms with van der Waals surface area (Å²) >= 11 is 0. The molecule has 1 aliphatic rings. The largest absolute Gasteiger partial charge is 0.391 e. The number of carbonyl (C=O) groups excluding carboxylic acids is 2. The zero-order chi connectivity index (χ0) is 24.4. The molecule has 8 nitrogen and oxygen atoms in total. The maximum atomic E-state index is 12.7. The standard InChI is InChI=1S/C24H40N3O5P/c1-16(2)22(27-23(29)20(25)13-17-9-5-3-6-10-17)24(30)26-15-19(28)14-21(33(31)32)18-11-7-4-8-12-18/h3,5-6,9-10,16,18-22,28,33H,4,7-8,11-15,25H2,1-2H3,(H,26,30)(H,27,29)(H,31,32)/t19-,20+,21?,22+/m1/s1. The van der Waals surface area contributed by atoms with Gasteiger partial charge in [-0.3, -0.25) is 14.2 Å². The number of rotatable bonds is 12. The predicted octanol–water partition coefficient (Wildman–Crippen LogP) is 1.98. The number of hydrogen-bond acceptors (Lipinski definition) is 5. The van der Waals surface area contributed by atoms with Gasteiger partial charge in [0.1, 0.15) is 6.04 Å². The van der Waals surface area contributed by atoms with Crippen LogP contribution >= 0.6 is 8.03 Å². The van der Waals surface area contributed by atoms with Gasteiger partial charge < -0.3 is 26.4 Å². The highest BCUT2D eigenvalue weighted by molar-refractivity contribution is 7.38. The molecule has 9 heteroatoms. The monoisotopic (exact) mass is 481 g/mol. The molecule has 0 saturated heterocycles. The first-order chi connectivity index (χ1) is 15.7. The summed E-state index contributed by atoms with van der Waals surface area (Å²) in [6.45, 7) is 3.60. The fraction of sp³-hybridized carbons (Fsp3) is 0.667. The Kier molecular flexibility index (Phi) is 11.5.